The van der Waals surface area contributed by atoms with Gasteiger partial charge in [-0.2, -0.15) is 0 Å². The van der Waals surface area contributed by atoms with Crippen molar-refractivity contribution in [3.05, 3.63) is 41.1 Å². The van der Waals surface area contributed by atoms with Gasteiger partial charge in [0.25, 0.3) is 5.91 Å². The number of aromatic nitrogens is 3. The number of nitrogens with one attached hydrogen (secondary N) is 2. The van der Waals surface area contributed by atoms with Gasteiger partial charge in [-0.25, -0.2) is 15.0 Å². The molecule has 1 saturated heterocycles. The van der Waals surface area contributed by atoms with Crippen molar-refractivity contribution in [2.45, 2.75) is 12.5 Å². The van der Waals surface area contributed by atoms with Crippen LogP contribution in [0.1, 0.15) is 16.9 Å². The van der Waals surface area contributed by atoms with Crippen LogP contribution >= 0.6 is 22.9 Å². The SMILES string of the molecule is C=CC(=O)Nc1nc(C(=O)N2CC[C@H](Nc3ncc(Cl)cn3)C2)cs1. The van der Waals surface area contributed by atoms with Gasteiger partial charge in [0.15, 0.2) is 5.13 Å². The maximum atomic E-state index is 12.5. The summed E-state index contributed by atoms with van der Waals surface area (Å²) >= 11 is 6.96. The van der Waals surface area contributed by atoms with E-state index in [1.165, 1.54) is 23.7 Å². The lowest BCUT2D eigenvalue weighted by Crippen LogP contribution is -2.32. The van der Waals surface area contributed by atoms with E-state index in [0.717, 1.165) is 12.5 Å². The van der Waals surface area contributed by atoms with Crippen molar-refractivity contribution in [1.29, 1.82) is 0 Å². The number of amides is 2. The Labute approximate surface area is 152 Å². The molecule has 2 aromatic rings. The standard InChI is InChI=1S/C15H15ClN6O2S/c1-2-12(23)21-15-20-11(8-25-15)13(24)22-4-3-10(7-22)19-14-17-5-9(16)6-18-14/h2,5-6,8,10H,1,3-4,7H2,(H,17,18,19)(H,20,21,23)/t10-/m0/s1. The summed E-state index contributed by atoms with van der Waals surface area (Å²) in [5.41, 5.74) is 0.313. The van der Waals surface area contributed by atoms with Crippen LogP contribution in [0, 0.1) is 0 Å². The number of thiazole rings is 1. The van der Waals surface area contributed by atoms with E-state index in [1.54, 1.807) is 10.3 Å². The van der Waals surface area contributed by atoms with Gasteiger partial charge in [0.2, 0.25) is 11.9 Å². The average Bonchev–Trinajstić information content (AvgIpc) is 3.26. The van der Waals surface area contributed by atoms with Crippen molar-refractivity contribution in [3.63, 3.8) is 0 Å². The van der Waals surface area contributed by atoms with Crippen molar-refractivity contribution in [2.24, 2.45) is 0 Å². The van der Waals surface area contributed by atoms with Crippen LogP contribution in [0.3, 0.4) is 0 Å². The lowest BCUT2D eigenvalue weighted by molar-refractivity contribution is -0.111. The molecule has 0 spiro atoms. The molecule has 1 fully saturated rings. The minimum atomic E-state index is -0.359. The number of likely N-dealkylation sites (tertiary alicyclic amines) is 1. The lowest BCUT2D eigenvalue weighted by atomic mass is 10.3. The summed E-state index contributed by atoms with van der Waals surface area (Å²) < 4.78 is 0. The average molecular weight is 379 g/mol. The smallest absolute Gasteiger partial charge is 0.273 e. The zero-order valence-corrected chi connectivity index (χ0v) is 14.7. The number of anilines is 2. The Kier molecular flexibility index (Phi) is 5.25. The van der Waals surface area contributed by atoms with E-state index in [0.29, 0.717) is 34.9 Å². The highest BCUT2D eigenvalue weighted by atomic mass is 35.5. The van der Waals surface area contributed by atoms with Gasteiger partial charge < -0.3 is 10.2 Å². The van der Waals surface area contributed by atoms with Crippen LogP contribution in [0.4, 0.5) is 11.1 Å². The van der Waals surface area contributed by atoms with Crippen molar-refractivity contribution in [2.75, 3.05) is 23.7 Å². The first-order valence-corrected chi connectivity index (χ1v) is 8.73. The van der Waals surface area contributed by atoms with E-state index in [1.807, 2.05) is 0 Å². The molecule has 2 amide bonds. The van der Waals surface area contributed by atoms with Gasteiger partial charge in [0.05, 0.1) is 17.4 Å². The van der Waals surface area contributed by atoms with Gasteiger partial charge in [0, 0.05) is 24.5 Å². The van der Waals surface area contributed by atoms with Gasteiger partial charge in [-0.3, -0.25) is 14.9 Å². The topological polar surface area (TPSA) is 100 Å². The van der Waals surface area contributed by atoms with Crippen LogP contribution in [0.25, 0.3) is 0 Å². The quantitative estimate of drug-likeness (QED) is 0.772. The number of rotatable bonds is 5. The highest BCUT2D eigenvalue weighted by Crippen LogP contribution is 2.20. The molecule has 0 saturated carbocycles. The molecule has 0 aliphatic carbocycles. The second-order valence-electron chi connectivity index (χ2n) is 5.34. The third-order valence-electron chi connectivity index (χ3n) is 3.57. The highest BCUT2D eigenvalue weighted by molar-refractivity contribution is 7.14. The van der Waals surface area contributed by atoms with E-state index in [-0.39, 0.29) is 17.9 Å². The fourth-order valence-corrected chi connectivity index (χ4v) is 3.16. The molecule has 2 aromatic heterocycles. The molecule has 0 aromatic carbocycles. The fraction of sp³-hybridized carbons (Fsp3) is 0.267. The number of hydrogen-bond acceptors (Lipinski definition) is 7. The van der Waals surface area contributed by atoms with Crippen molar-refractivity contribution in [1.82, 2.24) is 19.9 Å². The maximum absolute atomic E-state index is 12.5. The molecule has 130 valence electrons. The molecule has 0 unspecified atom stereocenters. The Morgan fingerprint density at radius 3 is 2.88 bits per heavy atom. The van der Waals surface area contributed by atoms with Gasteiger partial charge in [0.1, 0.15) is 5.69 Å². The summed E-state index contributed by atoms with van der Waals surface area (Å²) in [7, 11) is 0. The number of hydrogen-bond donors (Lipinski definition) is 2. The molecule has 3 rings (SSSR count). The Balaban J connectivity index is 1.58. The molecule has 1 aliphatic heterocycles. The van der Waals surface area contributed by atoms with Crippen molar-refractivity contribution in [3.8, 4) is 0 Å². The Bertz CT molecular complexity index is 794. The third kappa shape index (κ3) is 4.31. The van der Waals surface area contributed by atoms with Gasteiger partial charge >= 0.3 is 0 Å². The van der Waals surface area contributed by atoms with Crippen LogP contribution in [0.5, 0.6) is 0 Å². The molecule has 8 nitrogen and oxygen atoms in total. The highest BCUT2D eigenvalue weighted by Gasteiger charge is 2.28. The van der Waals surface area contributed by atoms with E-state index < -0.39 is 0 Å². The minimum Gasteiger partial charge on any atom is -0.350 e. The largest absolute Gasteiger partial charge is 0.350 e. The first-order valence-electron chi connectivity index (χ1n) is 7.47. The summed E-state index contributed by atoms with van der Waals surface area (Å²) in [6.07, 6.45) is 4.96. The number of halogens is 1. The van der Waals surface area contributed by atoms with E-state index in [2.05, 4.69) is 32.2 Å². The van der Waals surface area contributed by atoms with E-state index in [4.69, 9.17) is 11.6 Å². The number of carbonyl (C=O) groups excluding carboxylic acids is 2. The Hall–Kier alpha value is -2.52. The summed E-state index contributed by atoms with van der Waals surface area (Å²) in [4.78, 5) is 37.8. The molecular weight excluding hydrogens is 364 g/mol. The molecule has 10 heteroatoms. The predicted octanol–water partition coefficient (Wildman–Crippen LogP) is 2.04. The van der Waals surface area contributed by atoms with Crippen molar-refractivity contribution < 1.29 is 9.59 Å². The molecule has 0 bridgehead atoms. The van der Waals surface area contributed by atoms with Crippen LogP contribution < -0.4 is 10.6 Å². The zero-order valence-electron chi connectivity index (χ0n) is 13.1. The fourth-order valence-electron chi connectivity index (χ4n) is 2.38. The summed E-state index contributed by atoms with van der Waals surface area (Å²) in [5.74, 6) is -0.0507. The van der Waals surface area contributed by atoms with Crippen LogP contribution in [0.2, 0.25) is 5.02 Å². The predicted molar refractivity (Wildman–Crippen MR) is 95.9 cm³/mol. The number of nitrogens with zero attached hydrogens (tertiary/aromatic N) is 4. The first-order chi connectivity index (χ1) is 12.0. The summed E-state index contributed by atoms with van der Waals surface area (Å²) in [6.45, 7) is 4.51. The van der Waals surface area contributed by atoms with Crippen LogP contribution in [0.15, 0.2) is 30.4 Å². The van der Waals surface area contributed by atoms with Crippen LogP contribution in [-0.4, -0.2) is 50.8 Å². The zero-order chi connectivity index (χ0) is 17.8. The monoisotopic (exact) mass is 378 g/mol. The second kappa shape index (κ2) is 7.58. The van der Waals surface area contributed by atoms with E-state index >= 15 is 0 Å². The van der Waals surface area contributed by atoms with Gasteiger partial charge in [-0.05, 0) is 12.5 Å². The minimum absolute atomic E-state index is 0.0590. The Morgan fingerprint density at radius 2 is 2.16 bits per heavy atom. The molecular formula is C15H15ClN6O2S. The molecule has 25 heavy (non-hydrogen) atoms. The van der Waals surface area contributed by atoms with Gasteiger partial charge in [-0.1, -0.05) is 18.2 Å². The Morgan fingerprint density at radius 1 is 1.40 bits per heavy atom. The van der Waals surface area contributed by atoms with Gasteiger partial charge in [-0.15, -0.1) is 11.3 Å². The molecule has 1 aliphatic rings. The normalized spacial score (nSPS) is 16.5. The third-order valence-corrected chi connectivity index (χ3v) is 4.52. The van der Waals surface area contributed by atoms with Crippen molar-refractivity contribution >= 4 is 45.8 Å². The molecule has 0 radical (unpaired) electrons. The number of carbonyl (C=O) groups is 2. The summed E-state index contributed by atoms with van der Waals surface area (Å²) in [6, 6.07) is 0.0590. The molecule has 1 atom stereocenters. The molecule has 2 N–H and O–H groups in total. The maximum Gasteiger partial charge on any atom is 0.273 e. The summed E-state index contributed by atoms with van der Waals surface area (Å²) in [5, 5.41) is 8.20. The second-order valence-corrected chi connectivity index (χ2v) is 6.63. The molecule has 3 heterocycles. The lowest BCUT2D eigenvalue weighted by Gasteiger charge is -2.16. The first kappa shape index (κ1) is 17.3. The van der Waals surface area contributed by atoms with E-state index in [9.17, 15) is 9.59 Å². The van der Waals surface area contributed by atoms with Crippen LogP contribution in [-0.2, 0) is 4.79 Å².